The predicted octanol–water partition coefficient (Wildman–Crippen LogP) is 4.44. The molecule has 1 nitrogen and oxygen atoms in total. The normalized spacial score (nSPS) is 15.3. The molecule has 0 rings (SSSR count). The van der Waals surface area contributed by atoms with Crippen LogP contribution in [0.15, 0.2) is 4.99 Å². The Balaban J connectivity index is 4.94. The molecule has 0 aromatic carbocycles. The maximum atomic E-state index is 4.73. The van der Waals surface area contributed by atoms with Crippen LogP contribution in [0, 0.1) is 0 Å². The maximum Gasteiger partial charge on any atom is 0.0520 e. The lowest BCUT2D eigenvalue weighted by atomic mass is 10.1. The van der Waals surface area contributed by atoms with Crippen LogP contribution in [-0.2, 0) is 0 Å². The zero-order valence-corrected chi connectivity index (χ0v) is 14.1. The van der Waals surface area contributed by atoms with Gasteiger partial charge in [0.25, 0.3) is 0 Å². The summed E-state index contributed by atoms with van der Waals surface area (Å²) in [7, 11) is -2.22. The zero-order valence-electron chi connectivity index (χ0n) is 12.1. The average molecular weight is 244 g/mol. The molecular weight excluding hydrogens is 214 g/mol. The van der Waals surface area contributed by atoms with E-state index >= 15 is 0 Å². The predicted molar refractivity (Wildman–Crippen MR) is 78.7 cm³/mol. The lowest BCUT2D eigenvalue weighted by Gasteiger charge is -2.36. The summed E-state index contributed by atoms with van der Waals surface area (Å²) in [5.41, 5.74) is 0.0809. The van der Waals surface area contributed by atoms with Crippen LogP contribution in [0.1, 0.15) is 20.8 Å². The van der Waals surface area contributed by atoms with Gasteiger partial charge in [-0.2, -0.15) is 0 Å². The SMILES string of the molecule is CC(C)(C)/N=C/C([Si](C)(C)C)[Si](C)(C)C. The summed E-state index contributed by atoms with van der Waals surface area (Å²) in [6.45, 7) is 21.3. The summed E-state index contributed by atoms with van der Waals surface area (Å²) in [4.78, 5) is 4.73. The van der Waals surface area contributed by atoms with E-state index in [2.05, 4.69) is 66.3 Å². The standard InChI is InChI=1S/C12H29NSi2/c1-12(2,3)13-10-11(14(4,5)6)15(7,8)9/h10-11H,1-9H3/b13-10+. The van der Waals surface area contributed by atoms with Gasteiger partial charge in [-0.25, -0.2) is 0 Å². The summed E-state index contributed by atoms with van der Waals surface area (Å²) < 4.78 is 0. The van der Waals surface area contributed by atoms with Gasteiger partial charge in [0, 0.05) is 0 Å². The molecule has 0 amide bonds. The Kier molecular flexibility index (Phi) is 4.57. The van der Waals surface area contributed by atoms with Crippen molar-refractivity contribution in [2.75, 3.05) is 0 Å². The molecule has 0 unspecified atom stereocenters. The Morgan fingerprint density at radius 1 is 0.867 bits per heavy atom. The fraction of sp³-hybridized carbons (Fsp3) is 0.917. The van der Waals surface area contributed by atoms with Gasteiger partial charge in [0.2, 0.25) is 0 Å². The van der Waals surface area contributed by atoms with Gasteiger partial charge in [-0.1, -0.05) is 39.3 Å². The van der Waals surface area contributed by atoms with Crippen molar-refractivity contribution >= 4 is 22.4 Å². The Morgan fingerprint density at radius 2 is 1.20 bits per heavy atom. The Labute approximate surface area is 98.4 Å². The third-order valence-corrected chi connectivity index (χ3v) is 11.7. The smallest absolute Gasteiger partial charge is 0.0520 e. The van der Waals surface area contributed by atoms with E-state index < -0.39 is 16.1 Å². The van der Waals surface area contributed by atoms with E-state index in [9.17, 15) is 0 Å². The number of hydrogen-bond donors (Lipinski definition) is 0. The minimum Gasteiger partial charge on any atom is -0.292 e. The molecule has 0 heterocycles. The van der Waals surface area contributed by atoms with Crippen LogP contribution in [0.3, 0.4) is 0 Å². The molecule has 0 atom stereocenters. The minimum atomic E-state index is -1.11. The molecule has 0 spiro atoms. The first-order valence-electron chi connectivity index (χ1n) is 5.89. The van der Waals surface area contributed by atoms with Crippen LogP contribution in [0.2, 0.25) is 44.4 Å². The first-order chi connectivity index (χ1) is 6.34. The van der Waals surface area contributed by atoms with Gasteiger partial charge >= 0.3 is 0 Å². The quantitative estimate of drug-likeness (QED) is 0.513. The minimum absolute atomic E-state index is 0.0809. The van der Waals surface area contributed by atoms with Gasteiger partial charge in [0.05, 0.1) is 21.7 Å². The topological polar surface area (TPSA) is 12.4 Å². The molecule has 0 saturated carbocycles. The number of hydrogen-bond acceptors (Lipinski definition) is 1. The van der Waals surface area contributed by atoms with Crippen LogP contribution < -0.4 is 0 Å². The molecular formula is C12H29NSi2. The van der Waals surface area contributed by atoms with Crippen LogP contribution >= 0.6 is 0 Å². The van der Waals surface area contributed by atoms with Crippen LogP contribution in [0.25, 0.3) is 0 Å². The van der Waals surface area contributed by atoms with Gasteiger partial charge in [0.1, 0.15) is 0 Å². The fourth-order valence-corrected chi connectivity index (χ4v) is 13.5. The van der Waals surface area contributed by atoms with E-state index in [1.165, 1.54) is 0 Å². The molecule has 90 valence electrons. The van der Waals surface area contributed by atoms with E-state index in [1.54, 1.807) is 0 Å². The molecule has 0 aliphatic heterocycles. The monoisotopic (exact) mass is 243 g/mol. The highest BCUT2D eigenvalue weighted by molar-refractivity contribution is 6.99. The summed E-state index contributed by atoms with van der Waals surface area (Å²) in [6, 6.07) is 0. The fourth-order valence-electron chi connectivity index (χ4n) is 2.04. The van der Waals surface area contributed by atoms with Crippen molar-refractivity contribution in [2.45, 2.75) is 70.8 Å². The number of aliphatic imine (C=N–C) groups is 1. The first kappa shape index (κ1) is 15.1. The third kappa shape index (κ3) is 6.30. The largest absolute Gasteiger partial charge is 0.292 e. The van der Waals surface area contributed by atoms with Crippen molar-refractivity contribution in [3.63, 3.8) is 0 Å². The highest BCUT2D eigenvalue weighted by Gasteiger charge is 2.36. The summed E-state index contributed by atoms with van der Waals surface area (Å²) in [6.07, 6.45) is 2.29. The average Bonchev–Trinajstić information content (AvgIpc) is 1.75. The second-order valence-corrected chi connectivity index (χ2v) is 18.9. The van der Waals surface area contributed by atoms with E-state index in [0.29, 0.717) is 0 Å². The molecule has 3 heteroatoms. The molecule has 0 bridgehead atoms. The van der Waals surface area contributed by atoms with Crippen molar-refractivity contribution in [1.82, 2.24) is 0 Å². The van der Waals surface area contributed by atoms with E-state index in [0.717, 1.165) is 5.16 Å². The maximum absolute atomic E-state index is 4.73. The van der Waals surface area contributed by atoms with Crippen molar-refractivity contribution < 1.29 is 0 Å². The third-order valence-electron chi connectivity index (χ3n) is 2.48. The zero-order chi connectivity index (χ0) is 12.5. The Morgan fingerprint density at radius 3 is 1.40 bits per heavy atom. The van der Waals surface area contributed by atoms with Crippen molar-refractivity contribution in [3.8, 4) is 0 Å². The van der Waals surface area contributed by atoms with E-state index in [4.69, 9.17) is 4.99 Å². The van der Waals surface area contributed by atoms with E-state index in [1.807, 2.05) is 0 Å². The summed E-state index contributed by atoms with van der Waals surface area (Å²) in [5.74, 6) is 0. The lowest BCUT2D eigenvalue weighted by molar-refractivity contribution is 0.585. The van der Waals surface area contributed by atoms with Gasteiger partial charge in [-0.15, -0.1) is 0 Å². The van der Waals surface area contributed by atoms with Crippen LogP contribution in [0.4, 0.5) is 0 Å². The number of rotatable bonds is 3. The summed E-state index contributed by atoms with van der Waals surface area (Å²) >= 11 is 0. The van der Waals surface area contributed by atoms with Crippen LogP contribution in [0.5, 0.6) is 0 Å². The lowest BCUT2D eigenvalue weighted by Crippen LogP contribution is -2.45. The highest BCUT2D eigenvalue weighted by Crippen LogP contribution is 2.30. The van der Waals surface area contributed by atoms with Gasteiger partial charge < -0.3 is 0 Å². The van der Waals surface area contributed by atoms with Crippen molar-refractivity contribution in [3.05, 3.63) is 0 Å². The molecule has 0 fully saturated rings. The number of nitrogens with zero attached hydrogens (tertiary/aromatic N) is 1. The second-order valence-electron chi connectivity index (χ2n) is 7.66. The first-order valence-corrected chi connectivity index (χ1v) is 13.0. The van der Waals surface area contributed by atoms with Crippen molar-refractivity contribution in [1.29, 1.82) is 0 Å². The van der Waals surface area contributed by atoms with Gasteiger partial charge in [-0.3, -0.25) is 4.99 Å². The molecule has 0 aromatic rings. The molecule has 0 radical (unpaired) electrons. The van der Waals surface area contributed by atoms with Crippen molar-refractivity contribution in [2.24, 2.45) is 4.99 Å². The molecule has 0 aliphatic carbocycles. The molecule has 15 heavy (non-hydrogen) atoms. The highest BCUT2D eigenvalue weighted by atomic mass is 28.4. The molecule has 0 saturated heterocycles. The molecule has 0 N–H and O–H groups in total. The Bertz CT molecular complexity index is 211. The van der Waals surface area contributed by atoms with Gasteiger partial charge in [-0.05, 0) is 32.2 Å². The molecule has 0 aromatic heterocycles. The second kappa shape index (κ2) is 4.54. The van der Waals surface area contributed by atoms with E-state index in [-0.39, 0.29) is 5.54 Å². The molecule has 0 aliphatic rings. The summed E-state index contributed by atoms with van der Waals surface area (Å²) in [5, 5.41) is 0.782. The van der Waals surface area contributed by atoms with Gasteiger partial charge in [0.15, 0.2) is 0 Å². The van der Waals surface area contributed by atoms with Crippen LogP contribution in [-0.4, -0.2) is 27.9 Å². The Hall–Kier alpha value is 0.104.